The third-order valence-corrected chi connectivity index (χ3v) is 7.12. The Morgan fingerprint density at radius 1 is 1.19 bits per heavy atom. The van der Waals surface area contributed by atoms with Gasteiger partial charge in [0.15, 0.2) is 0 Å². The van der Waals surface area contributed by atoms with Crippen molar-refractivity contribution in [2.45, 2.75) is 25.5 Å². The number of thiophene rings is 1. The van der Waals surface area contributed by atoms with E-state index < -0.39 is 0 Å². The van der Waals surface area contributed by atoms with Gasteiger partial charge in [-0.05, 0) is 30.5 Å². The Labute approximate surface area is 189 Å². The highest BCUT2D eigenvalue weighted by Gasteiger charge is 2.25. The smallest absolute Gasteiger partial charge is 0.263 e. The number of amides is 1. The van der Waals surface area contributed by atoms with Gasteiger partial charge in [-0.15, -0.1) is 11.3 Å². The molecule has 0 saturated carbocycles. The van der Waals surface area contributed by atoms with Crippen LogP contribution < -0.4 is 5.56 Å². The fourth-order valence-corrected chi connectivity index (χ4v) is 5.33. The summed E-state index contributed by atoms with van der Waals surface area (Å²) in [6, 6.07) is 6.04. The molecular weight excluding hydrogens is 431 g/mol. The van der Waals surface area contributed by atoms with Gasteiger partial charge in [-0.25, -0.2) is 9.37 Å². The minimum atomic E-state index is -0.328. The van der Waals surface area contributed by atoms with E-state index in [9.17, 15) is 14.0 Å². The van der Waals surface area contributed by atoms with Gasteiger partial charge in [0.1, 0.15) is 17.2 Å². The van der Waals surface area contributed by atoms with E-state index in [4.69, 9.17) is 4.74 Å². The van der Waals surface area contributed by atoms with Crippen LogP contribution in [0, 0.1) is 5.82 Å². The number of piperazine rings is 1. The van der Waals surface area contributed by atoms with Crippen molar-refractivity contribution in [2.24, 2.45) is 0 Å². The van der Waals surface area contributed by atoms with Crippen LogP contribution in [0.2, 0.25) is 0 Å². The average Bonchev–Trinajstić information content (AvgIpc) is 3.47. The van der Waals surface area contributed by atoms with Crippen molar-refractivity contribution in [3.8, 4) is 11.1 Å². The summed E-state index contributed by atoms with van der Waals surface area (Å²) in [6.45, 7) is 4.67. The molecule has 1 aromatic carbocycles. The molecule has 2 aliphatic rings. The molecule has 0 bridgehead atoms. The number of hydrogen-bond acceptors (Lipinski definition) is 6. The fourth-order valence-electron chi connectivity index (χ4n) is 4.42. The molecule has 2 saturated heterocycles. The number of aromatic nitrogens is 2. The summed E-state index contributed by atoms with van der Waals surface area (Å²) in [7, 11) is 0. The first-order valence-electron chi connectivity index (χ1n) is 10.9. The molecule has 0 N–H and O–H groups in total. The largest absolute Gasteiger partial charge is 0.377 e. The highest BCUT2D eigenvalue weighted by atomic mass is 32.1. The molecule has 2 aliphatic heterocycles. The number of ether oxygens (including phenoxy) is 1. The molecule has 0 aliphatic carbocycles. The van der Waals surface area contributed by atoms with Crippen LogP contribution in [0.3, 0.4) is 0 Å². The van der Waals surface area contributed by atoms with Crippen molar-refractivity contribution in [2.75, 3.05) is 39.3 Å². The molecule has 1 atom stereocenters. The van der Waals surface area contributed by atoms with Gasteiger partial charge in [-0.2, -0.15) is 0 Å². The number of halogens is 1. The zero-order valence-corrected chi connectivity index (χ0v) is 18.5. The molecule has 168 valence electrons. The number of fused-ring (bicyclic) bond motifs is 1. The zero-order valence-electron chi connectivity index (χ0n) is 17.7. The zero-order chi connectivity index (χ0) is 22.1. The lowest BCUT2D eigenvalue weighted by Crippen LogP contribution is -2.51. The summed E-state index contributed by atoms with van der Waals surface area (Å²) in [5.74, 6) is -0.408. The quantitative estimate of drug-likeness (QED) is 0.591. The minimum Gasteiger partial charge on any atom is -0.377 e. The van der Waals surface area contributed by atoms with Gasteiger partial charge in [0.05, 0.1) is 17.8 Å². The standard InChI is InChI=1S/C23H25FN4O3S/c24-17-5-3-16(4-6-17)19-14-32-22-21(19)23(30)28(15-25-22)13-20(29)27-9-7-26(8-10-27)12-18-2-1-11-31-18/h3-6,14-15,18H,1-2,7-13H2/t18-/m1/s1. The van der Waals surface area contributed by atoms with E-state index in [1.165, 1.54) is 34.4 Å². The van der Waals surface area contributed by atoms with Crippen molar-refractivity contribution < 1.29 is 13.9 Å². The first kappa shape index (κ1) is 21.2. The molecule has 32 heavy (non-hydrogen) atoms. The number of carbonyl (C=O) groups is 1. The Balaban J connectivity index is 1.28. The van der Waals surface area contributed by atoms with Crippen LogP contribution in [0.25, 0.3) is 21.3 Å². The van der Waals surface area contributed by atoms with Crippen molar-refractivity contribution in [3.05, 3.63) is 52.1 Å². The molecule has 4 heterocycles. The van der Waals surface area contributed by atoms with E-state index in [1.807, 2.05) is 10.3 Å². The Morgan fingerprint density at radius 3 is 2.69 bits per heavy atom. The van der Waals surface area contributed by atoms with Gasteiger partial charge < -0.3 is 9.64 Å². The van der Waals surface area contributed by atoms with E-state index in [2.05, 4.69) is 9.88 Å². The lowest BCUT2D eigenvalue weighted by atomic mass is 10.1. The first-order valence-corrected chi connectivity index (χ1v) is 11.8. The fraction of sp³-hybridized carbons (Fsp3) is 0.435. The Morgan fingerprint density at radius 2 is 1.97 bits per heavy atom. The summed E-state index contributed by atoms with van der Waals surface area (Å²) >= 11 is 1.37. The van der Waals surface area contributed by atoms with Gasteiger partial charge in [0.2, 0.25) is 5.91 Å². The maximum absolute atomic E-state index is 13.3. The molecule has 0 unspecified atom stereocenters. The Hall–Kier alpha value is -2.62. The topological polar surface area (TPSA) is 67.7 Å². The third kappa shape index (κ3) is 4.32. The Kier molecular flexibility index (Phi) is 6.03. The number of nitrogens with zero attached hydrogens (tertiary/aromatic N) is 4. The maximum atomic E-state index is 13.3. The van der Waals surface area contributed by atoms with E-state index in [0.717, 1.165) is 44.6 Å². The van der Waals surface area contributed by atoms with Crippen molar-refractivity contribution in [3.63, 3.8) is 0 Å². The molecule has 9 heteroatoms. The minimum absolute atomic E-state index is 0.0355. The predicted molar refractivity (Wildman–Crippen MR) is 121 cm³/mol. The van der Waals surface area contributed by atoms with Crippen LogP contribution in [-0.4, -0.2) is 70.7 Å². The maximum Gasteiger partial charge on any atom is 0.263 e. The second kappa shape index (κ2) is 9.09. The van der Waals surface area contributed by atoms with Gasteiger partial charge >= 0.3 is 0 Å². The van der Waals surface area contributed by atoms with Crippen molar-refractivity contribution in [1.82, 2.24) is 19.4 Å². The lowest BCUT2D eigenvalue weighted by Gasteiger charge is -2.35. The summed E-state index contributed by atoms with van der Waals surface area (Å²) in [5, 5.41) is 2.32. The van der Waals surface area contributed by atoms with Crippen molar-refractivity contribution >= 4 is 27.5 Å². The van der Waals surface area contributed by atoms with E-state index >= 15 is 0 Å². The van der Waals surface area contributed by atoms with Crippen LogP contribution in [-0.2, 0) is 16.1 Å². The molecule has 2 aromatic heterocycles. The SMILES string of the molecule is O=C(Cn1cnc2scc(-c3ccc(F)cc3)c2c1=O)N1CCN(C[C@H]2CCCO2)CC1. The van der Waals surface area contributed by atoms with Crippen LogP contribution in [0.15, 0.2) is 40.8 Å². The highest BCUT2D eigenvalue weighted by molar-refractivity contribution is 7.17. The van der Waals surface area contributed by atoms with Crippen LogP contribution >= 0.6 is 11.3 Å². The summed E-state index contributed by atoms with van der Waals surface area (Å²) < 4.78 is 20.4. The summed E-state index contributed by atoms with van der Waals surface area (Å²) in [5.41, 5.74) is 1.22. The van der Waals surface area contributed by atoms with E-state index in [1.54, 1.807) is 12.1 Å². The highest BCUT2D eigenvalue weighted by Crippen LogP contribution is 2.30. The molecule has 0 radical (unpaired) electrons. The molecule has 0 spiro atoms. The van der Waals surface area contributed by atoms with Crippen LogP contribution in [0.4, 0.5) is 4.39 Å². The number of carbonyl (C=O) groups excluding carboxylic acids is 1. The van der Waals surface area contributed by atoms with Crippen molar-refractivity contribution in [1.29, 1.82) is 0 Å². The van der Waals surface area contributed by atoms with E-state index in [0.29, 0.717) is 35.0 Å². The molecule has 3 aromatic rings. The Bertz CT molecular complexity index is 1160. The second-order valence-electron chi connectivity index (χ2n) is 8.33. The van der Waals surface area contributed by atoms with Gasteiger partial charge in [-0.3, -0.25) is 19.1 Å². The lowest BCUT2D eigenvalue weighted by molar-refractivity contribution is -0.133. The molecule has 7 nitrogen and oxygen atoms in total. The third-order valence-electron chi connectivity index (χ3n) is 6.23. The summed E-state index contributed by atoms with van der Waals surface area (Å²) in [4.78, 5) is 35.2. The van der Waals surface area contributed by atoms with Crippen LogP contribution in [0.1, 0.15) is 12.8 Å². The normalized spacial score (nSPS) is 19.7. The number of rotatable bonds is 5. The number of benzene rings is 1. The number of hydrogen-bond donors (Lipinski definition) is 0. The molecule has 2 fully saturated rings. The average molecular weight is 457 g/mol. The van der Waals surface area contributed by atoms with Crippen LogP contribution in [0.5, 0.6) is 0 Å². The first-order chi connectivity index (χ1) is 15.6. The van der Waals surface area contributed by atoms with Gasteiger partial charge in [0.25, 0.3) is 5.56 Å². The molecular formula is C23H25FN4O3S. The monoisotopic (exact) mass is 456 g/mol. The molecule has 1 amide bonds. The summed E-state index contributed by atoms with van der Waals surface area (Å²) in [6.07, 6.45) is 4.00. The second-order valence-corrected chi connectivity index (χ2v) is 9.19. The predicted octanol–water partition coefficient (Wildman–Crippen LogP) is 2.59. The van der Waals surface area contributed by atoms with Gasteiger partial charge in [0, 0.05) is 50.3 Å². The van der Waals surface area contributed by atoms with Gasteiger partial charge in [-0.1, -0.05) is 12.1 Å². The molecule has 5 rings (SSSR count). The van der Waals surface area contributed by atoms with E-state index in [-0.39, 0.29) is 23.8 Å².